The van der Waals surface area contributed by atoms with Crippen LogP contribution in [0, 0.1) is 11.8 Å². The highest BCUT2D eigenvalue weighted by Crippen LogP contribution is 2.45. The number of piperazine rings is 1. The van der Waals surface area contributed by atoms with Crippen molar-refractivity contribution in [1.82, 2.24) is 10.2 Å². The van der Waals surface area contributed by atoms with E-state index in [9.17, 15) is 0 Å². The van der Waals surface area contributed by atoms with E-state index in [0.29, 0.717) is 17.6 Å². The second-order valence-electron chi connectivity index (χ2n) is 7.97. The fourth-order valence-corrected chi connectivity index (χ4v) is 4.88. The van der Waals surface area contributed by atoms with E-state index >= 15 is 0 Å². The van der Waals surface area contributed by atoms with Gasteiger partial charge in [0.2, 0.25) is 0 Å². The Balaban J connectivity index is 1.69. The van der Waals surface area contributed by atoms with Gasteiger partial charge in [0.05, 0.1) is 6.61 Å². The summed E-state index contributed by atoms with van der Waals surface area (Å²) in [5.41, 5.74) is 0.350. The van der Waals surface area contributed by atoms with E-state index in [1.807, 2.05) is 7.11 Å². The minimum absolute atomic E-state index is 0.350. The normalized spacial score (nSPS) is 37.6. The molecule has 3 nitrogen and oxygen atoms in total. The van der Waals surface area contributed by atoms with E-state index in [1.54, 1.807) is 0 Å². The van der Waals surface area contributed by atoms with E-state index in [0.717, 1.165) is 18.4 Å². The van der Waals surface area contributed by atoms with Crippen molar-refractivity contribution in [2.45, 2.75) is 76.4 Å². The molecule has 0 aromatic heterocycles. The van der Waals surface area contributed by atoms with Crippen LogP contribution in [-0.4, -0.2) is 49.3 Å². The van der Waals surface area contributed by atoms with Crippen LogP contribution in [0.4, 0.5) is 0 Å². The van der Waals surface area contributed by atoms with Crippen LogP contribution in [0.3, 0.4) is 0 Å². The maximum atomic E-state index is 5.47. The first-order chi connectivity index (χ1) is 10.1. The molecule has 0 aromatic rings. The van der Waals surface area contributed by atoms with Crippen molar-refractivity contribution in [2.24, 2.45) is 11.8 Å². The zero-order valence-electron chi connectivity index (χ0n) is 14.2. The van der Waals surface area contributed by atoms with Gasteiger partial charge in [-0.2, -0.15) is 0 Å². The van der Waals surface area contributed by atoms with Gasteiger partial charge in [0.25, 0.3) is 0 Å². The van der Waals surface area contributed by atoms with Gasteiger partial charge in [-0.3, -0.25) is 4.90 Å². The minimum Gasteiger partial charge on any atom is -0.383 e. The molecule has 0 amide bonds. The Morgan fingerprint density at radius 1 is 1.19 bits per heavy atom. The summed E-state index contributed by atoms with van der Waals surface area (Å²) in [6.07, 6.45) is 10.0. The summed E-state index contributed by atoms with van der Waals surface area (Å²) in [7, 11) is 1.84. The summed E-state index contributed by atoms with van der Waals surface area (Å²) in [5.74, 6) is 1.80. The third-order valence-corrected chi connectivity index (χ3v) is 6.39. The quantitative estimate of drug-likeness (QED) is 0.843. The predicted molar refractivity (Wildman–Crippen MR) is 87.5 cm³/mol. The second kappa shape index (κ2) is 6.55. The SMILES string of the molecule is COCC(C)N1CC(C2CCCCC2)NCC1(C)C1CC1. The van der Waals surface area contributed by atoms with E-state index < -0.39 is 0 Å². The summed E-state index contributed by atoms with van der Waals surface area (Å²) in [6.45, 7) is 8.10. The van der Waals surface area contributed by atoms with E-state index in [4.69, 9.17) is 4.74 Å². The summed E-state index contributed by atoms with van der Waals surface area (Å²) in [5, 5.41) is 3.95. The van der Waals surface area contributed by atoms with E-state index in [1.165, 1.54) is 58.0 Å². The zero-order valence-corrected chi connectivity index (χ0v) is 14.2. The maximum absolute atomic E-state index is 5.47. The Labute approximate surface area is 130 Å². The van der Waals surface area contributed by atoms with Crippen LogP contribution in [-0.2, 0) is 4.74 Å². The number of hydrogen-bond donors (Lipinski definition) is 1. The van der Waals surface area contributed by atoms with E-state index in [-0.39, 0.29) is 0 Å². The molecule has 0 aromatic carbocycles. The second-order valence-corrected chi connectivity index (χ2v) is 7.97. The monoisotopic (exact) mass is 294 g/mol. The smallest absolute Gasteiger partial charge is 0.0615 e. The van der Waals surface area contributed by atoms with Gasteiger partial charge in [-0.05, 0) is 51.4 Å². The average molecular weight is 294 g/mol. The first kappa shape index (κ1) is 15.8. The molecule has 122 valence electrons. The number of rotatable bonds is 5. The molecule has 21 heavy (non-hydrogen) atoms. The summed E-state index contributed by atoms with van der Waals surface area (Å²) >= 11 is 0. The van der Waals surface area contributed by atoms with Gasteiger partial charge in [-0.25, -0.2) is 0 Å². The highest BCUT2D eigenvalue weighted by molar-refractivity contribution is 5.07. The molecule has 0 radical (unpaired) electrons. The largest absolute Gasteiger partial charge is 0.383 e. The maximum Gasteiger partial charge on any atom is 0.0615 e. The molecule has 3 heteroatoms. The van der Waals surface area contributed by atoms with Crippen LogP contribution in [0.25, 0.3) is 0 Å². The van der Waals surface area contributed by atoms with Crippen LogP contribution >= 0.6 is 0 Å². The Morgan fingerprint density at radius 3 is 2.52 bits per heavy atom. The predicted octanol–water partition coefficient (Wildman–Crippen LogP) is 3.04. The van der Waals surface area contributed by atoms with Gasteiger partial charge in [-0.1, -0.05) is 19.3 Å². The number of ether oxygens (including phenoxy) is 1. The molecule has 2 aliphatic carbocycles. The number of nitrogens with one attached hydrogen (secondary N) is 1. The van der Waals surface area contributed by atoms with Crippen molar-refractivity contribution in [3.8, 4) is 0 Å². The highest BCUT2D eigenvalue weighted by atomic mass is 16.5. The average Bonchev–Trinajstić information content (AvgIpc) is 3.34. The highest BCUT2D eigenvalue weighted by Gasteiger charge is 2.50. The zero-order chi connectivity index (χ0) is 14.9. The molecular formula is C18H34N2O. The van der Waals surface area contributed by atoms with Gasteiger partial charge in [-0.15, -0.1) is 0 Å². The van der Waals surface area contributed by atoms with Crippen molar-refractivity contribution in [3.05, 3.63) is 0 Å². The lowest BCUT2D eigenvalue weighted by Gasteiger charge is -2.53. The molecule has 3 atom stereocenters. The number of nitrogens with zero attached hydrogens (tertiary/aromatic N) is 1. The number of methoxy groups -OCH3 is 1. The van der Waals surface area contributed by atoms with Gasteiger partial charge in [0, 0.05) is 37.8 Å². The van der Waals surface area contributed by atoms with Crippen LogP contribution in [0.15, 0.2) is 0 Å². The van der Waals surface area contributed by atoms with Gasteiger partial charge in [0.1, 0.15) is 0 Å². The Hall–Kier alpha value is -0.120. The molecule has 3 rings (SSSR count). The lowest BCUT2D eigenvalue weighted by Crippen LogP contribution is -2.68. The molecule has 0 spiro atoms. The molecule has 2 saturated carbocycles. The first-order valence-electron chi connectivity index (χ1n) is 9.14. The van der Waals surface area contributed by atoms with Crippen LogP contribution < -0.4 is 5.32 Å². The Kier molecular flexibility index (Phi) is 4.92. The van der Waals surface area contributed by atoms with Gasteiger partial charge >= 0.3 is 0 Å². The number of hydrogen-bond acceptors (Lipinski definition) is 3. The Morgan fingerprint density at radius 2 is 1.90 bits per heavy atom. The van der Waals surface area contributed by atoms with E-state index in [2.05, 4.69) is 24.1 Å². The van der Waals surface area contributed by atoms with Crippen LogP contribution in [0.2, 0.25) is 0 Å². The molecule has 1 N–H and O–H groups in total. The topological polar surface area (TPSA) is 24.5 Å². The molecule has 1 heterocycles. The molecule has 3 fully saturated rings. The summed E-state index contributed by atoms with van der Waals surface area (Å²) < 4.78 is 5.47. The fourth-order valence-electron chi connectivity index (χ4n) is 4.88. The lowest BCUT2D eigenvalue weighted by molar-refractivity contribution is -0.0319. The third kappa shape index (κ3) is 3.30. The van der Waals surface area contributed by atoms with Crippen molar-refractivity contribution < 1.29 is 4.74 Å². The molecule has 0 bridgehead atoms. The van der Waals surface area contributed by atoms with Crippen LogP contribution in [0.1, 0.15) is 58.8 Å². The molecule has 3 aliphatic rings. The van der Waals surface area contributed by atoms with Gasteiger partial charge < -0.3 is 10.1 Å². The van der Waals surface area contributed by atoms with Crippen molar-refractivity contribution >= 4 is 0 Å². The molecule has 3 unspecified atom stereocenters. The standard InChI is InChI=1S/C18H34N2O/c1-14(12-21-3)20-11-17(15-7-5-4-6-8-15)19-13-18(20,2)16-9-10-16/h14-17,19H,4-13H2,1-3H3. The van der Waals surface area contributed by atoms with Crippen molar-refractivity contribution in [2.75, 3.05) is 26.8 Å². The molecule has 1 aliphatic heterocycles. The van der Waals surface area contributed by atoms with Gasteiger partial charge in [0.15, 0.2) is 0 Å². The van der Waals surface area contributed by atoms with Crippen molar-refractivity contribution in [3.63, 3.8) is 0 Å². The lowest BCUT2D eigenvalue weighted by atomic mass is 9.80. The minimum atomic E-state index is 0.350. The molecular weight excluding hydrogens is 260 g/mol. The fraction of sp³-hybridized carbons (Fsp3) is 1.00. The Bertz CT molecular complexity index is 338. The van der Waals surface area contributed by atoms with Crippen molar-refractivity contribution in [1.29, 1.82) is 0 Å². The van der Waals surface area contributed by atoms with Crippen LogP contribution in [0.5, 0.6) is 0 Å². The molecule has 1 saturated heterocycles. The summed E-state index contributed by atoms with van der Waals surface area (Å²) in [6, 6.07) is 1.24. The first-order valence-corrected chi connectivity index (χ1v) is 9.14. The summed E-state index contributed by atoms with van der Waals surface area (Å²) in [4.78, 5) is 2.80. The third-order valence-electron chi connectivity index (χ3n) is 6.39.